The zero-order chi connectivity index (χ0) is 10.7. The van der Waals surface area contributed by atoms with Crippen molar-refractivity contribution in [1.29, 1.82) is 0 Å². The Morgan fingerprint density at radius 1 is 1.71 bits per heavy atom. The molecule has 14 heavy (non-hydrogen) atoms. The number of nitrogens with one attached hydrogen (secondary N) is 1. The van der Waals surface area contributed by atoms with Gasteiger partial charge in [0.1, 0.15) is 17.2 Å². The maximum atomic E-state index is 11.1. The minimum absolute atomic E-state index is 0.0292. The summed E-state index contributed by atoms with van der Waals surface area (Å²) in [4.78, 5) is 17.3. The molecule has 0 aliphatic rings. The molecule has 6 nitrogen and oxygen atoms in total. The van der Waals surface area contributed by atoms with Crippen LogP contribution in [0.3, 0.4) is 0 Å². The predicted molar refractivity (Wildman–Crippen MR) is 50.6 cm³/mol. The first-order valence-corrected chi connectivity index (χ1v) is 4.22. The van der Waals surface area contributed by atoms with Crippen LogP contribution in [0.5, 0.6) is 0 Å². The fraction of sp³-hybridized carbons (Fsp3) is 0.500. The number of H-pyrrole nitrogens is 1. The van der Waals surface area contributed by atoms with E-state index in [9.17, 15) is 9.90 Å². The largest absolute Gasteiger partial charge is 0.383 e. The quantitative estimate of drug-likeness (QED) is 0.579. The molecule has 0 saturated carbocycles. The molecule has 0 aliphatic heterocycles. The van der Waals surface area contributed by atoms with Gasteiger partial charge in [0.25, 0.3) is 5.56 Å². The molecule has 0 aliphatic carbocycles. The third kappa shape index (κ3) is 2.09. The van der Waals surface area contributed by atoms with Gasteiger partial charge in [-0.05, 0) is 13.8 Å². The lowest BCUT2D eigenvalue weighted by Crippen LogP contribution is -2.19. The van der Waals surface area contributed by atoms with Gasteiger partial charge >= 0.3 is 0 Å². The van der Waals surface area contributed by atoms with Gasteiger partial charge in [-0.2, -0.15) is 0 Å². The van der Waals surface area contributed by atoms with Gasteiger partial charge in [0.05, 0.1) is 0 Å². The van der Waals surface area contributed by atoms with Crippen molar-refractivity contribution in [3.8, 4) is 0 Å². The molecule has 1 unspecified atom stereocenters. The summed E-state index contributed by atoms with van der Waals surface area (Å²) in [5.41, 5.74) is 5.48. The Balaban J connectivity index is 3.09. The van der Waals surface area contributed by atoms with Crippen LogP contribution in [0.15, 0.2) is 4.79 Å². The summed E-state index contributed by atoms with van der Waals surface area (Å²) >= 11 is 0. The average Bonchev–Trinajstić information content (AvgIpc) is 2.11. The van der Waals surface area contributed by atoms with Crippen LogP contribution < -0.4 is 11.3 Å². The standard InChI is InChI=1S/C8H13N3O3/c1-3-14-8(13)5-6(9)11-7(12)4(2)10-5/h8,13H,3H2,1-2H3,(H3,9,11,12). The third-order valence-corrected chi connectivity index (χ3v) is 1.70. The van der Waals surface area contributed by atoms with E-state index in [1.54, 1.807) is 6.92 Å². The van der Waals surface area contributed by atoms with Crippen LogP contribution in [0.1, 0.15) is 24.6 Å². The minimum atomic E-state index is -1.20. The number of ether oxygens (including phenoxy) is 1. The number of nitrogens with two attached hydrogens (primary N) is 1. The molecule has 0 amide bonds. The number of aliphatic hydroxyl groups excluding tert-OH is 1. The van der Waals surface area contributed by atoms with Gasteiger partial charge in [0.2, 0.25) is 6.29 Å². The van der Waals surface area contributed by atoms with Gasteiger partial charge in [0.15, 0.2) is 0 Å². The molecule has 1 heterocycles. The van der Waals surface area contributed by atoms with E-state index < -0.39 is 6.29 Å². The number of aromatic nitrogens is 2. The second kappa shape index (κ2) is 4.21. The SMILES string of the molecule is CCOC(O)c1nc(C)c(=O)[nH]c1N. The van der Waals surface area contributed by atoms with E-state index >= 15 is 0 Å². The van der Waals surface area contributed by atoms with Crippen molar-refractivity contribution < 1.29 is 9.84 Å². The Hall–Kier alpha value is -1.40. The third-order valence-electron chi connectivity index (χ3n) is 1.70. The molecule has 6 heteroatoms. The summed E-state index contributed by atoms with van der Waals surface area (Å²) in [6.45, 7) is 3.60. The topological polar surface area (TPSA) is 101 Å². The maximum absolute atomic E-state index is 11.1. The molecule has 1 rings (SSSR count). The van der Waals surface area contributed by atoms with Crippen LogP contribution in [0.2, 0.25) is 0 Å². The molecule has 1 aromatic heterocycles. The zero-order valence-corrected chi connectivity index (χ0v) is 8.07. The van der Waals surface area contributed by atoms with Gasteiger partial charge in [-0.25, -0.2) is 4.98 Å². The molecule has 0 spiro atoms. The van der Waals surface area contributed by atoms with Crippen molar-refractivity contribution in [3.05, 3.63) is 21.7 Å². The average molecular weight is 199 g/mol. The van der Waals surface area contributed by atoms with Crippen molar-refractivity contribution in [2.45, 2.75) is 20.1 Å². The van der Waals surface area contributed by atoms with Crippen molar-refractivity contribution in [2.24, 2.45) is 0 Å². The van der Waals surface area contributed by atoms with Crippen molar-refractivity contribution in [3.63, 3.8) is 0 Å². The molecule has 0 fully saturated rings. The maximum Gasteiger partial charge on any atom is 0.270 e. The highest BCUT2D eigenvalue weighted by atomic mass is 16.6. The summed E-state index contributed by atoms with van der Waals surface area (Å²) in [5, 5.41) is 9.43. The van der Waals surface area contributed by atoms with E-state index in [1.807, 2.05) is 0 Å². The second-order valence-corrected chi connectivity index (χ2v) is 2.76. The first-order chi connectivity index (χ1) is 6.56. The highest BCUT2D eigenvalue weighted by Gasteiger charge is 2.14. The number of hydrogen-bond donors (Lipinski definition) is 3. The van der Waals surface area contributed by atoms with Gasteiger partial charge < -0.3 is 20.6 Å². The summed E-state index contributed by atoms with van der Waals surface area (Å²) in [6.07, 6.45) is -1.20. The zero-order valence-electron chi connectivity index (χ0n) is 8.07. The minimum Gasteiger partial charge on any atom is -0.383 e. The van der Waals surface area contributed by atoms with Crippen LogP contribution in [0.25, 0.3) is 0 Å². The summed E-state index contributed by atoms with van der Waals surface area (Å²) < 4.78 is 4.89. The lowest BCUT2D eigenvalue weighted by molar-refractivity contribution is -0.100. The smallest absolute Gasteiger partial charge is 0.270 e. The summed E-state index contributed by atoms with van der Waals surface area (Å²) in [6, 6.07) is 0. The van der Waals surface area contributed by atoms with Gasteiger partial charge in [-0.3, -0.25) is 4.79 Å². The van der Waals surface area contributed by atoms with E-state index in [-0.39, 0.29) is 22.8 Å². The van der Waals surface area contributed by atoms with Crippen molar-refractivity contribution in [2.75, 3.05) is 12.3 Å². The highest BCUT2D eigenvalue weighted by Crippen LogP contribution is 2.15. The number of rotatable bonds is 3. The lowest BCUT2D eigenvalue weighted by Gasteiger charge is -2.11. The number of nitrogen functional groups attached to an aromatic ring is 1. The molecule has 0 radical (unpaired) electrons. The molecule has 1 aromatic rings. The lowest BCUT2D eigenvalue weighted by atomic mass is 10.3. The van der Waals surface area contributed by atoms with Crippen LogP contribution in [-0.2, 0) is 4.74 Å². The molecule has 4 N–H and O–H groups in total. The summed E-state index contributed by atoms with van der Waals surface area (Å²) in [5.74, 6) is 0.0292. The van der Waals surface area contributed by atoms with Crippen LogP contribution in [0.4, 0.5) is 5.82 Å². The number of anilines is 1. The number of nitrogens with zero attached hydrogens (tertiary/aromatic N) is 1. The first-order valence-electron chi connectivity index (χ1n) is 4.22. The van der Waals surface area contributed by atoms with Gasteiger partial charge in [-0.1, -0.05) is 0 Å². The molecular formula is C8H13N3O3. The van der Waals surface area contributed by atoms with E-state index in [4.69, 9.17) is 10.5 Å². The Kier molecular flexibility index (Phi) is 3.21. The predicted octanol–water partition coefficient (Wildman–Crippen LogP) is -0.312. The normalized spacial score (nSPS) is 12.8. The first kappa shape index (κ1) is 10.7. The molecule has 0 aromatic carbocycles. The van der Waals surface area contributed by atoms with Crippen LogP contribution in [-0.4, -0.2) is 21.7 Å². The molecular weight excluding hydrogens is 186 g/mol. The fourth-order valence-electron chi connectivity index (χ4n) is 0.994. The van der Waals surface area contributed by atoms with Crippen molar-refractivity contribution >= 4 is 5.82 Å². The number of aromatic amines is 1. The van der Waals surface area contributed by atoms with Crippen LogP contribution in [0, 0.1) is 6.92 Å². The Labute approximate surface area is 80.7 Å². The van der Waals surface area contributed by atoms with E-state index in [0.29, 0.717) is 6.61 Å². The fourth-order valence-corrected chi connectivity index (χ4v) is 0.994. The second-order valence-electron chi connectivity index (χ2n) is 2.76. The van der Waals surface area contributed by atoms with Gasteiger partial charge in [0, 0.05) is 6.61 Å². The Bertz CT molecular complexity index is 375. The van der Waals surface area contributed by atoms with E-state index in [0.717, 1.165) is 0 Å². The van der Waals surface area contributed by atoms with Gasteiger partial charge in [-0.15, -0.1) is 0 Å². The van der Waals surface area contributed by atoms with E-state index in [1.165, 1.54) is 6.92 Å². The number of hydrogen-bond acceptors (Lipinski definition) is 5. The monoisotopic (exact) mass is 199 g/mol. The number of aryl methyl sites for hydroxylation is 1. The molecule has 78 valence electrons. The highest BCUT2D eigenvalue weighted by molar-refractivity contribution is 5.34. The molecule has 1 atom stereocenters. The Morgan fingerprint density at radius 3 is 2.93 bits per heavy atom. The Morgan fingerprint density at radius 2 is 2.36 bits per heavy atom. The number of aliphatic hydroxyl groups is 1. The van der Waals surface area contributed by atoms with Crippen molar-refractivity contribution in [1.82, 2.24) is 9.97 Å². The van der Waals surface area contributed by atoms with Crippen LogP contribution >= 0.6 is 0 Å². The van der Waals surface area contributed by atoms with E-state index in [2.05, 4.69) is 9.97 Å². The molecule has 0 bridgehead atoms. The summed E-state index contributed by atoms with van der Waals surface area (Å²) in [7, 11) is 0. The molecule has 0 saturated heterocycles.